The molecule has 3 atom stereocenters. The second-order valence-corrected chi connectivity index (χ2v) is 10.4. The molecule has 4 heterocycles. The molecule has 5 rings (SSSR count). The summed E-state index contributed by atoms with van der Waals surface area (Å²) in [5.41, 5.74) is 6.56. The van der Waals surface area contributed by atoms with Crippen molar-refractivity contribution in [3.63, 3.8) is 0 Å². The fourth-order valence-corrected chi connectivity index (χ4v) is 5.98. The number of alkyl halides is 2. The van der Waals surface area contributed by atoms with Crippen LogP contribution in [0.2, 0.25) is 0 Å². The number of likely N-dealkylation sites (tertiary alicyclic amines) is 2. The number of rotatable bonds is 6. The van der Waals surface area contributed by atoms with E-state index in [9.17, 15) is 14.0 Å². The van der Waals surface area contributed by atoms with Gasteiger partial charge in [0.2, 0.25) is 0 Å². The number of amides is 2. The fourth-order valence-electron chi connectivity index (χ4n) is 5.40. The van der Waals surface area contributed by atoms with Crippen LogP contribution in [0.15, 0.2) is 46.0 Å². The fraction of sp³-hybridized carbons (Fsp3) is 0.440. The Hall–Kier alpha value is -3.45. The normalized spacial score (nSPS) is 24.7. The van der Waals surface area contributed by atoms with Gasteiger partial charge in [-0.05, 0) is 31.0 Å². The number of fused-ring (bicyclic) bond motifs is 1. The van der Waals surface area contributed by atoms with Gasteiger partial charge in [-0.25, -0.2) is 27.7 Å². The molecule has 1 aromatic heterocycles. The summed E-state index contributed by atoms with van der Waals surface area (Å²) in [5, 5.41) is 5.42. The number of esters is 1. The Morgan fingerprint density at radius 3 is 2.79 bits per heavy atom. The number of nitrogens with zero attached hydrogens (tertiary/aromatic N) is 4. The zero-order valence-electron chi connectivity index (χ0n) is 20.8. The van der Waals surface area contributed by atoms with Gasteiger partial charge < -0.3 is 20.7 Å². The number of aromatic nitrogens is 1. The van der Waals surface area contributed by atoms with E-state index in [1.54, 1.807) is 36.4 Å². The quantitative estimate of drug-likeness (QED) is 0.537. The van der Waals surface area contributed by atoms with Crippen molar-refractivity contribution in [2.24, 2.45) is 16.6 Å². The summed E-state index contributed by atoms with van der Waals surface area (Å²) in [6.45, 7) is 2.61. The highest BCUT2D eigenvalue weighted by Crippen LogP contribution is 2.43. The van der Waals surface area contributed by atoms with E-state index < -0.39 is 48.3 Å². The molecule has 2 fully saturated rings. The Balaban J connectivity index is 1.60. The molecule has 0 bridgehead atoms. The maximum absolute atomic E-state index is 15.0. The Labute approximate surface area is 221 Å². The molecule has 0 radical (unpaired) electrons. The number of nitrogens with two attached hydrogens (primary N) is 1. The number of primary amides is 1. The number of nitrogens with one attached hydrogen (secondary N) is 1. The largest absolute Gasteiger partial charge is 0.463 e. The number of halogens is 3. The first kappa shape index (κ1) is 26.2. The van der Waals surface area contributed by atoms with Gasteiger partial charge in [-0.2, -0.15) is 0 Å². The van der Waals surface area contributed by atoms with Gasteiger partial charge in [0.25, 0.3) is 5.92 Å². The van der Waals surface area contributed by atoms with Gasteiger partial charge in [-0.1, -0.05) is 12.1 Å². The average molecular weight is 549 g/mol. The number of amidine groups is 1. The van der Waals surface area contributed by atoms with Crippen molar-refractivity contribution in [1.82, 2.24) is 20.1 Å². The average Bonchev–Trinajstić information content (AvgIpc) is 3.60. The lowest BCUT2D eigenvalue weighted by molar-refractivity contribution is -0.139. The van der Waals surface area contributed by atoms with Crippen LogP contribution >= 0.6 is 11.3 Å². The second-order valence-electron chi connectivity index (χ2n) is 9.49. The van der Waals surface area contributed by atoms with Crippen LogP contribution in [-0.2, 0) is 9.53 Å². The Bertz CT molecular complexity index is 1320. The highest BCUT2D eigenvalue weighted by molar-refractivity contribution is 7.11. The highest BCUT2D eigenvalue weighted by atomic mass is 32.1. The Morgan fingerprint density at radius 2 is 2.11 bits per heavy atom. The molecule has 2 amide bonds. The molecule has 202 valence electrons. The maximum atomic E-state index is 15.0. The summed E-state index contributed by atoms with van der Waals surface area (Å²) >= 11 is 1.31. The van der Waals surface area contributed by atoms with Crippen molar-refractivity contribution < 1.29 is 27.5 Å². The van der Waals surface area contributed by atoms with Crippen LogP contribution < -0.4 is 11.1 Å². The van der Waals surface area contributed by atoms with E-state index in [4.69, 9.17) is 15.5 Å². The van der Waals surface area contributed by atoms with E-state index in [-0.39, 0.29) is 31.8 Å². The molecular formula is C25H27F3N6O3S. The first-order chi connectivity index (χ1) is 18.1. The Kier molecular flexibility index (Phi) is 6.90. The molecular weight excluding hydrogens is 521 g/mol. The van der Waals surface area contributed by atoms with Crippen molar-refractivity contribution in [1.29, 1.82) is 0 Å². The van der Waals surface area contributed by atoms with Crippen LogP contribution in [0.5, 0.6) is 0 Å². The Morgan fingerprint density at radius 1 is 1.32 bits per heavy atom. The van der Waals surface area contributed by atoms with Crippen molar-refractivity contribution in [3.05, 3.63) is 63.0 Å². The summed E-state index contributed by atoms with van der Waals surface area (Å²) in [4.78, 5) is 36.9. The molecule has 2 saturated heterocycles. The minimum absolute atomic E-state index is 0.0530. The van der Waals surface area contributed by atoms with Gasteiger partial charge in [-0.3, -0.25) is 9.89 Å². The molecule has 0 aliphatic carbocycles. The van der Waals surface area contributed by atoms with E-state index in [2.05, 4.69) is 10.3 Å². The lowest BCUT2D eigenvalue weighted by Crippen LogP contribution is -2.44. The van der Waals surface area contributed by atoms with Crippen molar-refractivity contribution in [3.8, 4) is 0 Å². The SMILES string of the molecule is CCOC(=O)C1=C(CN2CC(F)(F)[C@@H]3CN(C(N)=O)C[C@@H]32)NC(c2nccs2)=N[C@H]1c1cccc(F)c1C. The van der Waals surface area contributed by atoms with Crippen LogP contribution in [0.4, 0.5) is 18.0 Å². The van der Waals surface area contributed by atoms with Crippen molar-refractivity contribution in [2.45, 2.75) is 31.9 Å². The van der Waals surface area contributed by atoms with E-state index in [1.165, 1.54) is 28.4 Å². The van der Waals surface area contributed by atoms with Gasteiger partial charge in [0.1, 0.15) is 11.9 Å². The molecule has 1 aromatic carbocycles. The summed E-state index contributed by atoms with van der Waals surface area (Å²) in [5.74, 6) is -4.95. The van der Waals surface area contributed by atoms with Crippen LogP contribution in [0.3, 0.4) is 0 Å². The second kappa shape index (κ2) is 10.0. The topological polar surface area (TPSA) is 113 Å². The maximum Gasteiger partial charge on any atom is 0.338 e. The molecule has 38 heavy (non-hydrogen) atoms. The molecule has 0 spiro atoms. The van der Waals surface area contributed by atoms with Gasteiger partial charge in [0.15, 0.2) is 10.8 Å². The third-order valence-electron chi connectivity index (χ3n) is 7.25. The number of urea groups is 1. The number of thiazole rings is 1. The van der Waals surface area contributed by atoms with Crippen LogP contribution in [0.25, 0.3) is 0 Å². The first-order valence-corrected chi connectivity index (χ1v) is 13.0. The zero-order valence-corrected chi connectivity index (χ0v) is 21.6. The van der Waals surface area contributed by atoms with Crippen molar-refractivity contribution in [2.75, 3.05) is 32.8 Å². The predicted molar refractivity (Wildman–Crippen MR) is 134 cm³/mol. The molecule has 0 unspecified atom stereocenters. The van der Waals surface area contributed by atoms with Gasteiger partial charge in [-0.15, -0.1) is 11.3 Å². The standard InChI is InChI=1S/C25H27F3N6O3S/c1-3-37-23(35)19-17(10-34-12-25(27,28)15-9-33(24(29)36)11-18(15)34)31-21(22-30-7-8-38-22)32-20(19)14-5-4-6-16(26)13(14)2/h4-8,15,18,20H,3,9-12H2,1-2H3,(H2,29,36)(H,31,32)/t15-,18+,20+/m1/s1. The lowest BCUT2D eigenvalue weighted by Gasteiger charge is -2.31. The molecule has 0 saturated carbocycles. The molecule has 3 N–H and O–H groups in total. The van der Waals surface area contributed by atoms with E-state index >= 15 is 8.78 Å². The van der Waals surface area contributed by atoms with E-state index in [0.29, 0.717) is 27.7 Å². The third kappa shape index (κ3) is 4.64. The van der Waals surface area contributed by atoms with Crippen LogP contribution in [0.1, 0.15) is 29.1 Å². The van der Waals surface area contributed by atoms with Crippen molar-refractivity contribution >= 4 is 29.2 Å². The summed E-state index contributed by atoms with van der Waals surface area (Å²) < 4.78 is 50.0. The van der Waals surface area contributed by atoms with Crippen LogP contribution in [-0.4, -0.2) is 77.4 Å². The molecule has 13 heteroatoms. The number of hydrogen-bond donors (Lipinski definition) is 2. The monoisotopic (exact) mass is 548 g/mol. The lowest BCUT2D eigenvalue weighted by atomic mass is 9.92. The summed E-state index contributed by atoms with van der Waals surface area (Å²) in [6, 6.07) is 2.16. The summed E-state index contributed by atoms with van der Waals surface area (Å²) in [7, 11) is 0. The van der Waals surface area contributed by atoms with E-state index in [0.717, 1.165) is 0 Å². The van der Waals surface area contributed by atoms with Crippen LogP contribution in [0, 0.1) is 18.7 Å². The minimum atomic E-state index is -3.06. The molecule has 2 aromatic rings. The number of aliphatic imine (C=N–C) groups is 1. The van der Waals surface area contributed by atoms with Gasteiger partial charge in [0.05, 0.1) is 24.6 Å². The molecule has 9 nitrogen and oxygen atoms in total. The number of carbonyl (C=O) groups is 2. The first-order valence-electron chi connectivity index (χ1n) is 12.2. The van der Waals surface area contributed by atoms with Gasteiger partial charge >= 0.3 is 12.0 Å². The highest BCUT2D eigenvalue weighted by Gasteiger charge is 2.58. The zero-order chi connectivity index (χ0) is 27.2. The number of hydrogen-bond acceptors (Lipinski definition) is 8. The van der Waals surface area contributed by atoms with E-state index in [1.807, 2.05) is 0 Å². The minimum Gasteiger partial charge on any atom is -0.463 e. The van der Waals surface area contributed by atoms with Gasteiger partial charge in [0, 0.05) is 43.0 Å². The third-order valence-corrected chi connectivity index (χ3v) is 8.03. The number of carbonyl (C=O) groups excluding carboxylic acids is 2. The predicted octanol–water partition coefficient (Wildman–Crippen LogP) is 2.83. The number of benzene rings is 1. The smallest absolute Gasteiger partial charge is 0.338 e. The molecule has 3 aliphatic rings. The number of ether oxygens (including phenoxy) is 1. The molecule has 3 aliphatic heterocycles. The summed E-state index contributed by atoms with van der Waals surface area (Å²) in [6.07, 6.45) is 1.60.